The Kier molecular flexibility index (Phi) is 10.0. The standard InChI is InChI=1S/C31H16Br4Cl2N2O6/c1-14-2-4-16(5-3-14)31(44)45-18-9-6-15(7-10-18)21(40)13-38(28(41)19-11-8-17(36)12-20(19)37)39-29(42)22-23(30(39)43)25(33)27(35)26(34)24(22)32/h2-12H,13H2,1H3. The lowest BCUT2D eigenvalue weighted by atomic mass is 10.1. The molecule has 0 aliphatic carbocycles. The molecule has 228 valence electrons. The van der Waals surface area contributed by atoms with Crippen LogP contribution < -0.4 is 4.74 Å². The number of esters is 1. The topological polar surface area (TPSA) is 101 Å². The van der Waals surface area contributed by atoms with Gasteiger partial charge in [-0.1, -0.05) is 40.9 Å². The lowest BCUT2D eigenvalue weighted by Crippen LogP contribution is -2.51. The van der Waals surface area contributed by atoms with E-state index in [1.165, 1.54) is 42.5 Å². The number of imide groups is 1. The Morgan fingerprint density at radius 1 is 0.756 bits per heavy atom. The first-order chi connectivity index (χ1) is 21.3. The average Bonchev–Trinajstić information content (AvgIpc) is 3.27. The maximum Gasteiger partial charge on any atom is 0.343 e. The van der Waals surface area contributed by atoms with E-state index in [4.69, 9.17) is 27.9 Å². The monoisotopic (exact) mass is 898 g/mol. The van der Waals surface area contributed by atoms with Crippen LogP contribution in [0.5, 0.6) is 5.75 Å². The number of Topliss-reactive ketones (excluding diaryl/α,β-unsaturated/α-hetero) is 1. The molecule has 0 atom stereocenters. The van der Waals surface area contributed by atoms with Crippen LogP contribution in [0, 0.1) is 6.92 Å². The number of nitrogens with zero attached hydrogens (tertiary/aromatic N) is 2. The van der Waals surface area contributed by atoms with Crippen molar-refractivity contribution in [3.63, 3.8) is 0 Å². The summed E-state index contributed by atoms with van der Waals surface area (Å²) in [6.45, 7) is 1.18. The second-order valence-electron chi connectivity index (χ2n) is 9.62. The third kappa shape index (κ3) is 6.54. The molecule has 1 aliphatic heterocycles. The van der Waals surface area contributed by atoms with Gasteiger partial charge in [-0.25, -0.2) is 9.80 Å². The highest BCUT2D eigenvalue weighted by molar-refractivity contribution is 9.15. The zero-order chi connectivity index (χ0) is 32.7. The van der Waals surface area contributed by atoms with E-state index in [0.717, 1.165) is 10.6 Å². The molecule has 5 rings (SSSR count). The van der Waals surface area contributed by atoms with Gasteiger partial charge in [0.1, 0.15) is 12.3 Å². The van der Waals surface area contributed by atoms with E-state index in [0.29, 0.717) is 19.5 Å². The number of benzene rings is 4. The highest BCUT2D eigenvalue weighted by Crippen LogP contribution is 2.45. The van der Waals surface area contributed by atoms with Gasteiger partial charge >= 0.3 is 5.97 Å². The van der Waals surface area contributed by atoms with Crippen molar-refractivity contribution in [1.29, 1.82) is 0 Å². The van der Waals surface area contributed by atoms with Gasteiger partial charge in [0.2, 0.25) is 0 Å². The molecule has 45 heavy (non-hydrogen) atoms. The van der Waals surface area contributed by atoms with Crippen molar-refractivity contribution in [3.05, 3.63) is 128 Å². The Hall–Kier alpha value is -2.87. The summed E-state index contributed by atoms with van der Waals surface area (Å²) in [5.74, 6) is -3.60. The van der Waals surface area contributed by atoms with Crippen LogP contribution in [-0.4, -0.2) is 46.0 Å². The lowest BCUT2D eigenvalue weighted by molar-refractivity contribution is 0.00527. The SMILES string of the molecule is Cc1ccc(C(=O)Oc2ccc(C(=O)CN(C(=O)c3ccc(Cl)cc3Cl)N3C(=O)c4c(Br)c(Br)c(Br)c(Br)c4C3=O)cc2)cc1. The summed E-state index contributed by atoms with van der Waals surface area (Å²) in [5.41, 5.74) is 1.33. The van der Waals surface area contributed by atoms with Gasteiger partial charge in [0, 0.05) is 28.5 Å². The van der Waals surface area contributed by atoms with Crippen molar-refractivity contribution in [2.45, 2.75) is 6.92 Å². The number of ketones is 1. The quantitative estimate of drug-likeness (QED) is 0.0459. The summed E-state index contributed by atoms with van der Waals surface area (Å²) in [4.78, 5) is 67.5. The van der Waals surface area contributed by atoms with Crippen LogP contribution in [0.3, 0.4) is 0 Å². The number of carbonyl (C=O) groups excluding carboxylic acids is 5. The molecule has 3 amide bonds. The zero-order valence-electron chi connectivity index (χ0n) is 22.7. The van der Waals surface area contributed by atoms with Gasteiger partial charge in [0.25, 0.3) is 17.7 Å². The summed E-state index contributed by atoms with van der Waals surface area (Å²) in [6, 6.07) is 16.6. The van der Waals surface area contributed by atoms with Crippen LogP contribution in [0.25, 0.3) is 0 Å². The van der Waals surface area contributed by atoms with Crippen molar-refractivity contribution in [2.24, 2.45) is 0 Å². The summed E-state index contributed by atoms with van der Waals surface area (Å²) in [5, 5.41) is 1.57. The van der Waals surface area contributed by atoms with Gasteiger partial charge in [-0.2, -0.15) is 5.01 Å². The smallest absolute Gasteiger partial charge is 0.343 e. The van der Waals surface area contributed by atoms with Gasteiger partial charge in [-0.05, 0) is 125 Å². The van der Waals surface area contributed by atoms with Crippen molar-refractivity contribution >= 4 is 116 Å². The molecular weight excluding hydrogens is 887 g/mol. The van der Waals surface area contributed by atoms with Crippen LogP contribution in [0.15, 0.2) is 84.6 Å². The fourth-order valence-electron chi connectivity index (χ4n) is 4.38. The number of fused-ring (bicyclic) bond motifs is 1. The predicted molar refractivity (Wildman–Crippen MR) is 182 cm³/mol. The zero-order valence-corrected chi connectivity index (χ0v) is 30.5. The van der Waals surface area contributed by atoms with Crippen LogP contribution in [-0.2, 0) is 0 Å². The number of halogens is 6. The van der Waals surface area contributed by atoms with E-state index in [1.807, 2.05) is 6.92 Å². The minimum absolute atomic E-state index is 0.0193. The van der Waals surface area contributed by atoms with E-state index in [9.17, 15) is 24.0 Å². The predicted octanol–water partition coefficient (Wildman–Crippen LogP) is 9.11. The number of hydrazine groups is 1. The Bertz CT molecular complexity index is 1890. The molecule has 0 unspecified atom stereocenters. The summed E-state index contributed by atoms with van der Waals surface area (Å²) in [7, 11) is 0. The number of hydrogen-bond acceptors (Lipinski definition) is 6. The molecule has 4 aromatic rings. The molecule has 1 heterocycles. The van der Waals surface area contributed by atoms with Gasteiger partial charge in [0.15, 0.2) is 5.78 Å². The fraction of sp³-hybridized carbons (Fsp3) is 0.0645. The van der Waals surface area contributed by atoms with Gasteiger partial charge in [0.05, 0.1) is 27.3 Å². The van der Waals surface area contributed by atoms with Crippen LogP contribution >= 0.6 is 86.9 Å². The van der Waals surface area contributed by atoms with Crippen molar-refractivity contribution in [2.75, 3.05) is 6.54 Å². The molecule has 1 aliphatic rings. The third-order valence-electron chi connectivity index (χ3n) is 6.68. The highest BCUT2D eigenvalue weighted by atomic mass is 79.9. The maximum atomic E-state index is 13.9. The second-order valence-corrected chi connectivity index (χ2v) is 13.6. The molecule has 8 nitrogen and oxygen atoms in total. The first kappa shape index (κ1) is 33.5. The molecule has 0 saturated heterocycles. The molecule has 0 aromatic heterocycles. The van der Waals surface area contributed by atoms with Crippen molar-refractivity contribution in [1.82, 2.24) is 10.0 Å². The van der Waals surface area contributed by atoms with Gasteiger partial charge < -0.3 is 4.74 Å². The number of hydrogen-bond donors (Lipinski definition) is 0. The summed E-state index contributed by atoms with van der Waals surface area (Å²) in [6.07, 6.45) is 0. The number of carbonyl (C=O) groups is 5. The van der Waals surface area contributed by atoms with E-state index < -0.39 is 36.0 Å². The Labute approximate surface area is 300 Å². The molecule has 0 N–H and O–H groups in total. The lowest BCUT2D eigenvalue weighted by Gasteiger charge is -2.29. The normalized spacial score (nSPS) is 12.3. The molecule has 14 heteroatoms. The number of rotatable bonds is 7. The van der Waals surface area contributed by atoms with Crippen LogP contribution in [0.4, 0.5) is 0 Å². The van der Waals surface area contributed by atoms with Crippen LogP contribution in [0.2, 0.25) is 10.0 Å². The average molecular weight is 903 g/mol. The minimum atomic E-state index is -0.895. The number of amides is 3. The van der Waals surface area contributed by atoms with Gasteiger partial charge in [-0.3, -0.25) is 19.2 Å². The van der Waals surface area contributed by atoms with Crippen molar-refractivity contribution in [3.8, 4) is 5.75 Å². The fourth-order valence-corrected chi connectivity index (χ4v) is 7.33. The molecule has 4 aromatic carbocycles. The molecular formula is C31H16Br4Cl2N2O6. The number of aryl methyl sites for hydroxylation is 1. The first-order valence-electron chi connectivity index (χ1n) is 12.7. The maximum absolute atomic E-state index is 13.9. The Morgan fingerprint density at radius 2 is 1.29 bits per heavy atom. The molecule has 0 radical (unpaired) electrons. The van der Waals surface area contributed by atoms with Crippen molar-refractivity contribution < 1.29 is 28.7 Å². The largest absolute Gasteiger partial charge is 0.423 e. The number of ether oxygens (including phenoxy) is 1. The molecule has 0 saturated carbocycles. The summed E-state index contributed by atoms with van der Waals surface area (Å²) < 4.78 is 6.85. The molecule has 0 fully saturated rings. The second kappa shape index (κ2) is 13.5. The summed E-state index contributed by atoms with van der Waals surface area (Å²) >= 11 is 25.8. The van der Waals surface area contributed by atoms with Gasteiger partial charge in [-0.15, -0.1) is 0 Å². The minimum Gasteiger partial charge on any atom is -0.423 e. The van der Waals surface area contributed by atoms with Crippen LogP contribution in [0.1, 0.15) is 57.4 Å². The molecule has 0 spiro atoms. The Balaban J connectivity index is 1.47. The highest BCUT2D eigenvalue weighted by Gasteiger charge is 2.46. The third-order valence-corrected chi connectivity index (χ3v) is 12.0. The van der Waals surface area contributed by atoms with E-state index >= 15 is 0 Å². The van der Waals surface area contributed by atoms with E-state index in [-0.39, 0.29) is 47.0 Å². The molecule has 0 bridgehead atoms. The van der Waals surface area contributed by atoms with E-state index in [2.05, 4.69) is 63.7 Å². The Morgan fingerprint density at radius 3 is 1.82 bits per heavy atom. The first-order valence-corrected chi connectivity index (χ1v) is 16.7. The van der Waals surface area contributed by atoms with E-state index in [1.54, 1.807) is 24.3 Å².